The van der Waals surface area contributed by atoms with E-state index in [1.54, 1.807) is 7.11 Å². The summed E-state index contributed by atoms with van der Waals surface area (Å²) in [4.78, 5) is 17.7. The summed E-state index contributed by atoms with van der Waals surface area (Å²) in [6, 6.07) is 8.09. The molecule has 1 aliphatic carbocycles. The molecule has 0 N–H and O–H groups in total. The molecule has 2 aliphatic rings. The molecule has 1 aromatic rings. The van der Waals surface area contributed by atoms with E-state index in [0.717, 1.165) is 29.8 Å². The lowest BCUT2D eigenvalue weighted by Gasteiger charge is -2.38. The maximum atomic E-state index is 13.1. The fraction of sp³-hybridized carbons (Fsp3) is 0.522. The first kappa shape index (κ1) is 20.1. The minimum absolute atomic E-state index is 0.0954. The first-order valence-electron chi connectivity index (χ1n) is 9.83. The van der Waals surface area contributed by atoms with E-state index in [1.807, 2.05) is 32.0 Å². The van der Waals surface area contributed by atoms with E-state index in [9.17, 15) is 10.1 Å². The van der Waals surface area contributed by atoms with Gasteiger partial charge in [-0.15, -0.1) is 0 Å². The number of carbonyl (C=O) groups excluding carboxylic acids is 1. The predicted molar refractivity (Wildman–Crippen MR) is 109 cm³/mol. The number of allylic oxidation sites excluding steroid dienone is 2. The third-order valence-electron chi connectivity index (χ3n) is 5.45. The van der Waals surface area contributed by atoms with Crippen LogP contribution in [0.2, 0.25) is 0 Å². The van der Waals surface area contributed by atoms with Crippen molar-refractivity contribution in [2.24, 2.45) is 16.3 Å². The lowest BCUT2D eigenvalue weighted by Crippen LogP contribution is -2.35. The summed E-state index contributed by atoms with van der Waals surface area (Å²) in [7, 11) is 1.60. The van der Waals surface area contributed by atoms with E-state index in [4.69, 9.17) is 9.47 Å². The van der Waals surface area contributed by atoms with E-state index >= 15 is 0 Å². The normalized spacial score (nSPS) is 23.6. The summed E-state index contributed by atoms with van der Waals surface area (Å²) < 4.78 is 11.3. The number of rotatable bonds is 5. The molecule has 0 radical (unpaired) electrons. The molecule has 0 fully saturated rings. The van der Waals surface area contributed by atoms with Crippen molar-refractivity contribution in [3.8, 4) is 17.6 Å². The third-order valence-corrected chi connectivity index (χ3v) is 5.45. The van der Waals surface area contributed by atoms with Crippen LogP contribution in [0.15, 0.2) is 34.5 Å². The van der Waals surface area contributed by atoms with Crippen LogP contribution in [0.25, 0.3) is 0 Å². The average molecular weight is 380 g/mol. The topological polar surface area (TPSA) is 71.7 Å². The summed E-state index contributed by atoms with van der Waals surface area (Å²) in [5, 5.41) is 9.85. The highest BCUT2D eigenvalue weighted by Crippen LogP contribution is 2.48. The Labute approximate surface area is 167 Å². The smallest absolute Gasteiger partial charge is 0.161 e. The van der Waals surface area contributed by atoms with Crippen LogP contribution in [-0.4, -0.2) is 25.2 Å². The zero-order valence-corrected chi connectivity index (χ0v) is 17.3. The number of nitriles is 1. The molecular formula is C23H28N2O3. The number of methoxy groups -OCH3 is 1. The van der Waals surface area contributed by atoms with Gasteiger partial charge in [0.2, 0.25) is 0 Å². The zero-order chi connectivity index (χ0) is 20.5. The van der Waals surface area contributed by atoms with Gasteiger partial charge in [-0.25, -0.2) is 0 Å². The number of benzene rings is 1. The molecule has 2 atom stereocenters. The van der Waals surface area contributed by atoms with Gasteiger partial charge in [0.05, 0.1) is 25.7 Å². The lowest BCUT2D eigenvalue weighted by atomic mass is 9.67. The monoisotopic (exact) mass is 380 g/mol. The average Bonchev–Trinajstić information content (AvgIpc) is 2.64. The van der Waals surface area contributed by atoms with Crippen LogP contribution in [0.4, 0.5) is 0 Å². The van der Waals surface area contributed by atoms with Crippen molar-refractivity contribution in [2.45, 2.75) is 52.9 Å². The number of ether oxygens (including phenoxy) is 2. The molecule has 5 heteroatoms. The van der Waals surface area contributed by atoms with Gasteiger partial charge in [-0.05, 0) is 42.9 Å². The van der Waals surface area contributed by atoms with Gasteiger partial charge in [0.1, 0.15) is 0 Å². The Morgan fingerprint density at radius 3 is 2.68 bits per heavy atom. The Balaban J connectivity index is 2.10. The Hall–Kier alpha value is -2.61. The molecule has 0 spiro atoms. The molecule has 0 saturated heterocycles. The van der Waals surface area contributed by atoms with Crippen LogP contribution in [0.3, 0.4) is 0 Å². The molecule has 1 heterocycles. The lowest BCUT2D eigenvalue weighted by molar-refractivity contribution is -0.118. The van der Waals surface area contributed by atoms with E-state index in [-0.39, 0.29) is 17.1 Å². The number of carbonyl (C=O) groups is 1. The van der Waals surface area contributed by atoms with Crippen LogP contribution in [0.5, 0.6) is 11.5 Å². The molecule has 148 valence electrons. The molecule has 3 rings (SSSR count). The van der Waals surface area contributed by atoms with Gasteiger partial charge in [0.25, 0.3) is 0 Å². The van der Waals surface area contributed by atoms with Crippen molar-refractivity contribution in [2.75, 3.05) is 13.7 Å². The Bertz CT molecular complexity index is 890. The van der Waals surface area contributed by atoms with E-state index in [1.165, 1.54) is 0 Å². The van der Waals surface area contributed by atoms with Gasteiger partial charge in [0.15, 0.2) is 17.3 Å². The van der Waals surface area contributed by atoms with Gasteiger partial charge in [-0.1, -0.05) is 26.8 Å². The highest BCUT2D eigenvalue weighted by molar-refractivity contribution is 6.03. The van der Waals surface area contributed by atoms with Gasteiger partial charge >= 0.3 is 0 Å². The second-order valence-electron chi connectivity index (χ2n) is 8.40. The molecule has 0 amide bonds. The summed E-state index contributed by atoms with van der Waals surface area (Å²) in [5.74, 6) is 0.603. The van der Waals surface area contributed by atoms with Crippen molar-refractivity contribution in [1.29, 1.82) is 5.26 Å². The van der Waals surface area contributed by atoms with Crippen LogP contribution < -0.4 is 9.47 Å². The highest BCUT2D eigenvalue weighted by Gasteiger charge is 2.43. The maximum absolute atomic E-state index is 13.1. The van der Waals surface area contributed by atoms with Crippen LogP contribution in [0.1, 0.15) is 58.4 Å². The van der Waals surface area contributed by atoms with Crippen LogP contribution >= 0.6 is 0 Å². The highest BCUT2D eigenvalue weighted by atomic mass is 16.5. The van der Waals surface area contributed by atoms with Crippen molar-refractivity contribution < 1.29 is 14.3 Å². The first-order chi connectivity index (χ1) is 13.3. The zero-order valence-electron chi connectivity index (χ0n) is 17.3. The molecular weight excluding hydrogens is 352 g/mol. The molecule has 1 aliphatic heterocycles. The van der Waals surface area contributed by atoms with Gasteiger partial charge in [0, 0.05) is 29.3 Å². The second kappa shape index (κ2) is 7.79. The van der Waals surface area contributed by atoms with Gasteiger partial charge in [-0.3, -0.25) is 9.79 Å². The minimum atomic E-state index is -0.462. The number of hydrogen-bond donors (Lipinski definition) is 0. The summed E-state index contributed by atoms with van der Waals surface area (Å²) in [5.41, 5.74) is 3.07. The minimum Gasteiger partial charge on any atom is -0.493 e. The SMILES string of the molecule is CCCOc1ccc([C@@H]2C3=C(CC(C)(C)CC3=O)N=C(C)C2C#N)cc1OC. The van der Waals surface area contributed by atoms with Crippen LogP contribution in [0, 0.1) is 22.7 Å². The molecule has 0 aromatic heterocycles. The number of aliphatic imine (C=N–C) groups is 1. The number of ketones is 1. The molecule has 1 aromatic carbocycles. The summed E-state index contributed by atoms with van der Waals surface area (Å²) in [6.07, 6.45) is 2.12. The van der Waals surface area contributed by atoms with E-state index in [2.05, 4.69) is 24.9 Å². The largest absolute Gasteiger partial charge is 0.493 e. The quantitative estimate of drug-likeness (QED) is 0.734. The van der Waals surface area contributed by atoms with Crippen molar-refractivity contribution in [3.05, 3.63) is 35.0 Å². The molecule has 1 unspecified atom stereocenters. The van der Waals surface area contributed by atoms with Crippen molar-refractivity contribution in [3.63, 3.8) is 0 Å². The van der Waals surface area contributed by atoms with E-state index < -0.39 is 5.92 Å². The maximum Gasteiger partial charge on any atom is 0.161 e. The van der Waals surface area contributed by atoms with Crippen molar-refractivity contribution >= 4 is 11.5 Å². The predicted octanol–water partition coefficient (Wildman–Crippen LogP) is 4.83. The molecule has 5 nitrogen and oxygen atoms in total. The molecule has 28 heavy (non-hydrogen) atoms. The third kappa shape index (κ3) is 3.69. The van der Waals surface area contributed by atoms with Crippen molar-refractivity contribution in [1.82, 2.24) is 0 Å². The summed E-state index contributed by atoms with van der Waals surface area (Å²) >= 11 is 0. The van der Waals surface area contributed by atoms with Gasteiger partial charge in [-0.2, -0.15) is 5.26 Å². The van der Waals surface area contributed by atoms with Gasteiger partial charge < -0.3 is 9.47 Å². The molecule has 0 saturated carbocycles. The van der Waals surface area contributed by atoms with E-state index in [0.29, 0.717) is 30.1 Å². The Morgan fingerprint density at radius 2 is 2.04 bits per heavy atom. The summed E-state index contributed by atoms with van der Waals surface area (Å²) in [6.45, 7) is 8.72. The molecule has 0 bridgehead atoms. The fourth-order valence-electron chi connectivity index (χ4n) is 4.18. The Kier molecular flexibility index (Phi) is 5.60. The fourth-order valence-corrected chi connectivity index (χ4v) is 4.18. The van der Waals surface area contributed by atoms with Crippen LogP contribution in [-0.2, 0) is 4.79 Å². The number of nitrogens with zero attached hydrogens (tertiary/aromatic N) is 2. The number of Topliss-reactive ketones (excluding diaryl/α,β-unsaturated/α-hetero) is 1. The second-order valence-corrected chi connectivity index (χ2v) is 8.40. The standard InChI is InChI=1S/C23H28N2O3/c1-6-9-28-19-8-7-15(10-20(19)27-5)21-16(13-24)14(2)25-17-11-23(3,4)12-18(26)22(17)21/h7-8,10,16,21H,6,9,11-12H2,1-5H3/t16?,21-/m0/s1. The Morgan fingerprint density at radius 1 is 1.29 bits per heavy atom. The first-order valence-corrected chi connectivity index (χ1v) is 9.83. The number of hydrogen-bond acceptors (Lipinski definition) is 5.